The average molecular weight is 455 g/mol. The number of hydrogen-bond acceptors (Lipinski definition) is 7. The third-order valence-electron chi connectivity index (χ3n) is 4.83. The van der Waals surface area contributed by atoms with Crippen molar-refractivity contribution in [3.05, 3.63) is 53.2 Å². The SMILES string of the molecule is CCOC(=O)c1ccc(NC(=O)[C@H](CC)Sc2nnc(C)n3c2cc2sccc23)cc1. The first-order valence-corrected chi connectivity index (χ1v) is 11.7. The van der Waals surface area contributed by atoms with Gasteiger partial charge in [-0.05, 0) is 62.0 Å². The van der Waals surface area contributed by atoms with Gasteiger partial charge in [-0.15, -0.1) is 21.5 Å². The molecule has 0 aliphatic carbocycles. The molecule has 0 spiro atoms. The van der Waals surface area contributed by atoms with Crippen LogP contribution in [0.1, 0.15) is 36.5 Å². The Labute approximate surface area is 187 Å². The van der Waals surface area contributed by atoms with Crippen molar-refractivity contribution >= 4 is 56.4 Å². The van der Waals surface area contributed by atoms with Crippen LogP contribution in [-0.2, 0) is 9.53 Å². The van der Waals surface area contributed by atoms with E-state index in [1.54, 1.807) is 42.5 Å². The Balaban J connectivity index is 1.52. The molecule has 1 atom stereocenters. The summed E-state index contributed by atoms with van der Waals surface area (Å²) in [5.41, 5.74) is 3.14. The van der Waals surface area contributed by atoms with Gasteiger partial charge < -0.3 is 10.1 Å². The third-order valence-corrected chi connectivity index (χ3v) is 7.03. The van der Waals surface area contributed by atoms with Crippen LogP contribution in [0.2, 0.25) is 0 Å². The quantitative estimate of drug-likeness (QED) is 0.314. The van der Waals surface area contributed by atoms with E-state index in [0.717, 1.165) is 21.9 Å². The molecule has 1 aromatic carbocycles. The van der Waals surface area contributed by atoms with Gasteiger partial charge in [0.05, 0.1) is 33.2 Å². The van der Waals surface area contributed by atoms with Crippen LogP contribution in [0, 0.1) is 6.92 Å². The number of hydrogen-bond donors (Lipinski definition) is 1. The van der Waals surface area contributed by atoms with Gasteiger partial charge in [0.1, 0.15) is 10.9 Å². The Morgan fingerprint density at radius 1 is 1.16 bits per heavy atom. The summed E-state index contributed by atoms with van der Waals surface area (Å²) in [6, 6.07) is 10.9. The molecular formula is C22H22N4O3S2. The normalized spacial score (nSPS) is 12.2. The molecule has 31 heavy (non-hydrogen) atoms. The second-order valence-corrected chi connectivity index (χ2v) is 9.03. The fourth-order valence-electron chi connectivity index (χ4n) is 3.31. The van der Waals surface area contributed by atoms with Crippen LogP contribution in [0.5, 0.6) is 0 Å². The van der Waals surface area contributed by atoms with Gasteiger partial charge in [-0.1, -0.05) is 18.7 Å². The van der Waals surface area contributed by atoms with Crippen LogP contribution in [0.15, 0.2) is 46.8 Å². The fraction of sp³-hybridized carbons (Fsp3) is 0.273. The van der Waals surface area contributed by atoms with Crippen molar-refractivity contribution in [3.63, 3.8) is 0 Å². The number of carbonyl (C=O) groups excluding carboxylic acids is 2. The molecule has 0 aliphatic rings. The van der Waals surface area contributed by atoms with Crippen molar-refractivity contribution in [2.75, 3.05) is 11.9 Å². The zero-order valence-electron chi connectivity index (χ0n) is 17.4. The van der Waals surface area contributed by atoms with Gasteiger partial charge in [0.15, 0.2) is 0 Å². The van der Waals surface area contributed by atoms with Crippen LogP contribution < -0.4 is 5.32 Å². The second kappa shape index (κ2) is 9.07. The van der Waals surface area contributed by atoms with Crippen molar-refractivity contribution in [2.24, 2.45) is 0 Å². The molecule has 0 saturated heterocycles. The van der Waals surface area contributed by atoms with E-state index in [1.807, 2.05) is 13.8 Å². The zero-order chi connectivity index (χ0) is 22.0. The van der Waals surface area contributed by atoms with Gasteiger partial charge in [-0.25, -0.2) is 4.79 Å². The van der Waals surface area contributed by atoms with E-state index in [-0.39, 0.29) is 17.1 Å². The van der Waals surface area contributed by atoms with E-state index >= 15 is 0 Å². The maximum absolute atomic E-state index is 12.9. The van der Waals surface area contributed by atoms with Crippen molar-refractivity contribution in [2.45, 2.75) is 37.5 Å². The molecule has 0 aliphatic heterocycles. The first-order valence-electron chi connectivity index (χ1n) is 9.98. The minimum absolute atomic E-state index is 0.120. The summed E-state index contributed by atoms with van der Waals surface area (Å²) in [6.07, 6.45) is 0.633. The Hall–Kier alpha value is -2.91. The van der Waals surface area contributed by atoms with Crippen molar-refractivity contribution < 1.29 is 14.3 Å². The van der Waals surface area contributed by atoms with E-state index < -0.39 is 0 Å². The number of aryl methyl sites for hydroxylation is 1. The number of ether oxygens (including phenoxy) is 1. The summed E-state index contributed by atoms with van der Waals surface area (Å²) >= 11 is 3.08. The number of nitrogens with zero attached hydrogens (tertiary/aromatic N) is 3. The van der Waals surface area contributed by atoms with Gasteiger partial charge in [-0.2, -0.15) is 0 Å². The van der Waals surface area contributed by atoms with Crippen LogP contribution >= 0.6 is 23.1 Å². The second-order valence-electron chi connectivity index (χ2n) is 6.89. The molecular weight excluding hydrogens is 432 g/mol. The number of amides is 1. The molecule has 4 rings (SSSR count). The Bertz CT molecular complexity index is 1250. The Morgan fingerprint density at radius 3 is 2.65 bits per heavy atom. The first kappa shape index (κ1) is 21.3. The van der Waals surface area contributed by atoms with Crippen LogP contribution in [0.4, 0.5) is 5.69 Å². The highest BCUT2D eigenvalue weighted by Gasteiger charge is 2.22. The topological polar surface area (TPSA) is 85.6 Å². The summed E-state index contributed by atoms with van der Waals surface area (Å²) in [5.74, 6) is 0.314. The molecule has 1 amide bonds. The molecule has 3 heterocycles. The standard InChI is InChI=1S/C22H22N4O3S2/c1-4-18(20(27)23-15-8-6-14(7-9-15)22(28)29-5-2)31-21-17-12-19-16(10-11-30-19)26(17)13(3)24-25-21/h6-12,18H,4-5H2,1-3H3,(H,23,27)/t18-/m0/s1. The predicted molar refractivity (Wildman–Crippen MR) is 124 cm³/mol. The summed E-state index contributed by atoms with van der Waals surface area (Å²) in [5, 5.41) is 14.1. The largest absolute Gasteiger partial charge is 0.462 e. The van der Waals surface area contributed by atoms with E-state index in [0.29, 0.717) is 24.3 Å². The highest BCUT2D eigenvalue weighted by atomic mass is 32.2. The molecule has 0 unspecified atom stereocenters. The summed E-state index contributed by atoms with van der Waals surface area (Å²) in [7, 11) is 0. The maximum Gasteiger partial charge on any atom is 0.338 e. The van der Waals surface area contributed by atoms with Gasteiger partial charge in [-0.3, -0.25) is 9.20 Å². The average Bonchev–Trinajstić information content (AvgIpc) is 3.36. The van der Waals surface area contributed by atoms with Gasteiger partial charge in [0.25, 0.3) is 0 Å². The lowest BCUT2D eigenvalue weighted by Crippen LogP contribution is -2.25. The Morgan fingerprint density at radius 2 is 1.94 bits per heavy atom. The number of anilines is 1. The number of thiophene rings is 1. The lowest BCUT2D eigenvalue weighted by Gasteiger charge is -2.15. The molecule has 9 heteroatoms. The van der Waals surface area contributed by atoms with Crippen LogP contribution in [0.25, 0.3) is 15.7 Å². The summed E-state index contributed by atoms with van der Waals surface area (Å²) < 4.78 is 8.24. The van der Waals surface area contributed by atoms with Crippen molar-refractivity contribution in [1.29, 1.82) is 0 Å². The third kappa shape index (κ3) is 4.28. The van der Waals surface area contributed by atoms with Crippen molar-refractivity contribution in [3.8, 4) is 0 Å². The van der Waals surface area contributed by atoms with E-state index in [1.165, 1.54) is 16.5 Å². The zero-order valence-corrected chi connectivity index (χ0v) is 19.0. The molecule has 3 aromatic heterocycles. The van der Waals surface area contributed by atoms with Gasteiger partial charge >= 0.3 is 5.97 Å². The Kier molecular flexibility index (Phi) is 6.24. The highest BCUT2D eigenvalue weighted by Crippen LogP contribution is 2.33. The summed E-state index contributed by atoms with van der Waals surface area (Å²) in [4.78, 5) is 24.7. The van der Waals surface area contributed by atoms with Gasteiger partial charge in [0.2, 0.25) is 5.91 Å². The van der Waals surface area contributed by atoms with Gasteiger partial charge in [0, 0.05) is 5.69 Å². The molecule has 0 radical (unpaired) electrons. The number of rotatable bonds is 7. The number of fused-ring (bicyclic) bond motifs is 3. The molecule has 160 valence electrons. The minimum Gasteiger partial charge on any atom is -0.462 e. The van der Waals surface area contributed by atoms with E-state index in [2.05, 4.69) is 37.4 Å². The monoisotopic (exact) mass is 454 g/mol. The fourth-order valence-corrected chi connectivity index (χ4v) is 5.08. The molecule has 0 fully saturated rings. The first-order chi connectivity index (χ1) is 15.0. The van der Waals surface area contributed by atoms with E-state index in [9.17, 15) is 9.59 Å². The van der Waals surface area contributed by atoms with Crippen molar-refractivity contribution in [1.82, 2.24) is 14.6 Å². The number of aromatic nitrogens is 3. The number of carbonyl (C=O) groups is 2. The predicted octanol–water partition coefficient (Wildman–Crippen LogP) is 4.94. The maximum atomic E-state index is 12.9. The molecule has 7 nitrogen and oxygen atoms in total. The lowest BCUT2D eigenvalue weighted by atomic mass is 10.2. The van der Waals surface area contributed by atoms with E-state index in [4.69, 9.17) is 4.74 Å². The number of nitrogens with one attached hydrogen (secondary N) is 1. The number of thioether (sulfide) groups is 1. The minimum atomic E-state index is -0.378. The molecule has 1 N–H and O–H groups in total. The van der Waals surface area contributed by atoms with Crippen LogP contribution in [0.3, 0.4) is 0 Å². The smallest absolute Gasteiger partial charge is 0.338 e. The van der Waals surface area contributed by atoms with Crippen LogP contribution in [-0.4, -0.2) is 38.3 Å². The summed E-state index contributed by atoms with van der Waals surface area (Å²) in [6.45, 7) is 5.98. The molecule has 0 bridgehead atoms. The number of benzene rings is 1. The molecule has 0 saturated carbocycles. The molecule has 4 aromatic rings. The number of esters is 1. The lowest BCUT2D eigenvalue weighted by molar-refractivity contribution is -0.115. The highest BCUT2D eigenvalue weighted by molar-refractivity contribution is 8.00.